The van der Waals surface area contributed by atoms with Gasteiger partial charge in [-0.1, -0.05) is 27.2 Å². The standard InChI is InChI=1S/C16H31N/c1-7-11(2)12(3)15-14-9-8-13(14)10-17(15)16(4,5)6/h11-15H,7-10H2,1-6H3/t11-,12?,13-,14-,15-/m1/s1. The molecule has 0 aromatic heterocycles. The maximum absolute atomic E-state index is 2.83. The van der Waals surface area contributed by atoms with Crippen molar-refractivity contribution in [3.05, 3.63) is 0 Å². The Hall–Kier alpha value is -0.0400. The lowest BCUT2D eigenvalue weighted by Crippen LogP contribution is -2.50. The van der Waals surface area contributed by atoms with Gasteiger partial charge in [-0.15, -0.1) is 0 Å². The highest BCUT2D eigenvalue weighted by Crippen LogP contribution is 2.50. The second-order valence-corrected chi connectivity index (χ2v) is 7.56. The first-order valence-corrected chi connectivity index (χ1v) is 7.63. The largest absolute Gasteiger partial charge is 0.295 e. The van der Waals surface area contributed by atoms with Crippen LogP contribution in [0.25, 0.3) is 0 Å². The summed E-state index contributed by atoms with van der Waals surface area (Å²) in [6.45, 7) is 15.8. The van der Waals surface area contributed by atoms with Crippen molar-refractivity contribution >= 4 is 0 Å². The molecule has 1 saturated heterocycles. The predicted octanol–water partition coefficient (Wildman–Crippen LogP) is 4.18. The first kappa shape index (κ1) is 13.4. The molecule has 1 saturated carbocycles. The summed E-state index contributed by atoms with van der Waals surface area (Å²) in [5.41, 5.74) is 0.351. The number of nitrogens with zero attached hydrogens (tertiary/aromatic N) is 1. The third kappa shape index (κ3) is 2.28. The Morgan fingerprint density at radius 2 is 1.82 bits per heavy atom. The average molecular weight is 237 g/mol. The average Bonchev–Trinajstić information content (AvgIpc) is 2.47. The third-order valence-electron chi connectivity index (χ3n) is 5.65. The van der Waals surface area contributed by atoms with Crippen LogP contribution in [0.1, 0.15) is 60.8 Å². The predicted molar refractivity (Wildman–Crippen MR) is 75.1 cm³/mol. The first-order chi connectivity index (χ1) is 7.86. The highest BCUT2D eigenvalue weighted by Gasteiger charge is 2.51. The van der Waals surface area contributed by atoms with Crippen LogP contribution in [0.5, 0.6) is 0 Å². The summed E-state index contributed by atoms with van der Waals surface area (Å²) in [5.74, 6) is 3.75. The summed E-state index contributed by atoms with van der Waals surface area (Å²) in [7, 11) is 0. The van der Waals surface area contributed by atoms with E-state index in [1.165, 1.54) is 25.8 Å². The smallest absolute Gasteiger partial charge is 0.0160 e. The zero-order chi connectivity index (χ0) is 12.8. The molecule has 0 N–H and O–H groups in total. The molecule has 2 aliphatic rings. The SMILES string of the molecule is CC[C@@H](C)C(C)[C@@H]1[C@@H]2CC[C@@H]2CN1C(C)(C)C. The van der Waals surface area contributed by atoms with Gasteiger partial charge in [0, 0.05) is 18.1 Å². The van der Waals surface area contributed by atoms with Crippen molar-refractivity contribution in [1.82, 2.24) is 4.90 Å². The number of rotatable bonds is 3. The van der Waals surface area contributed by atoms with E-state index in [1.54, 1.807) is 0 Å². The Morgan fingerprint density at radius 1 is 1.18 bits per heavy atom. The Labute approximate surface area is 108 Å². The molecule has 100 valence electrons. The van der Waals surface area contributed by atoms with Crippen LogP contribution in [0, 0.1) is 23.7 Å². The summed E-state index contributed by atoms with van der Waals surface area (Å²) in [6.07, 6.45) is 4.30. The van der Waals surface area contributed by atoms with E-state index < -0.39 is 0 Å². The number of likely N-dealkylation sites (tertiary alicyclic amines) is 1. The molecular formula is C16H31N. The topological polar surface area (TPSA) is 3.24 Å². The molecule has 1 heterocycles. The maximum atomic E-state index is 2.83. The van der Waals surface area contributed by atoms with Crippen LogP contribution in [0.4, 0.5) is 0 Å². The molecule has 0 bridgehead atoms. The molecular weight excluding hydrogens is 206 g/mol. The summed E-state index contributed by atoms with van der Waals surface area (Å²) in [4.78, 5) is 2.83. The summed E-state index contributed by atoms with van der Waals surface area (Å²) in [6, 6.07) is 0.851. The molecule has 0 amide bonds. The van der Waals surface area contributed by atoms with Crippen molar-refractivity contribution in [2.45, 2.75) is 72.4 Å². The second-order valence-electron chi connectivity index (χ2n) is 7.56. The molecule has 1 aliphatic carbocycles. The van der Waals surface area contributed by atoms with Crippen molar-refractivity contribution in [3.8, 4) is 0 Å². The van der Waals surface area contributed by atoms with Crippen molar-refractivity contribution in [1.29, 1.82) is 0 Å². The van der Waals surface area contributed by atoms with E-state index >= 15 is 0 Å². The van der Waals surface area contributed by atoms with E-state index in [9.17, 15) is 0 Å². The lowest BCUT2D eigenvalue weighted by molar-refractivity contribution is 0.0501. The maximum Gasteiger partial charge on any atom is 0.0160 e. The van der Waals surface area contributed by atoms with Gasteiger partial charge >= 0.3 is 0 Å². The highest BCUT2D eigenvalue weighted by molar-refractivity contribution is 5.04. The molecule has 5 atom stereocenters. The van der Waals surface area contributed by atoms with Gasteiger partial charge in [0.05, 0.1) is 0 Å². The van der Waals surface area contributed by atoms with Gasteiger partial charge in [0.2, 0.25) is 0 Å². The van der Waals surface area contributed by atoms with Crippen molar-refractivity contribution in [3.63, 3.8) is 0 Å². The van der Waals surface area contributed by atoms with Crippen LogP contribution in [0.3, 0.4) is 0 Å². The lowest BCUT2D eigenvalue weighted by atomic mass is 9.68. The fraction of sp³-hybridized carbons (Fsp3) is 1.00. The molecule has 1 unspecified atom stereocenters. The van der Waals surface area contributed by atoms with Crippen LogP contribution < -0.4 is 0 Å². The second kappa shape index (κ2) is 4.57. The van der Waals surface area contributed by atoms with E-state index in [0.717, 1.165) is 29.7 Å². The zero-order valence-corrected chi connectivity index (χ0v) is 12.7. The number of hydrogen-bond acceptors (Lipinski definition) is 1. The lowest BCUT2D eigenvalue weighted by Gasteiger charge is -2.44. The van der Waals surface area contributed by atoms with E-state index in [-0.39, 0.29) is 0 Å². The number of fused-ring (bicyclic) bond motifs is 1. The van der Waals surface area contributed by atoms with Crippen LogP contribution in [0.2, 0.25) is 0 Å². The molecule has 1 nitrogen and oxygen atoms in total. The first-order valence-electron chi connectivity index (χ1n) is 7.63. The Bertz CT molecular complexity index is 265. The van der Waals surface area contributed by atoms with Gasteiger partial charge in [-0.25, -0.2) is 0 Å². The van der Waals surface area contributed by atoms with Crippen LogP contribution >= 0.6 is 0 Å². The number of hydrogen-bond donors (Lipinski definition) is 0. The fourth-order valence-electron chi connectivity index (χ4n) is 3.98. The summed E-state index contributed by atoms with van der Waals surface area (Å²) in [5, 5.41) is 0. The van der Waals surface area contributed by atoms with Gasteiger partial charge in [-0.2, -0.15) is 0 Å². The third-order valence-corrected chi connectivity index (χ3v) is 5.65. The van der Waals surface area contributed by atoms with E-state index in [1.807, 2.05) is 0 Å². The quantitative estimate of drug-likeness (QED) is 0.712. The summed E-state index contributed by atoms with van der Waals surface area (Å²) >= 11 is 0. The molecule has 1 heteroatoms. The summed E-state index contributed by atoms with van der Waals surface area (Å²) < 4.78 is 0. The fourth-order valence-corrected chi connectivity index (χ4v) is 3.98. The van der Waals surface area contributed by atoms with Crippen LogP contribution in [0.15, 0.2) is 0 Å². The molecule has 17 heavy (non-hydrogen) atoms. The van der Waals surface area contributed by atoms with E-state index in [2.05, 4.69) is 46.4 Å². The molecule has 0 aromatic rings. The minimum atomic E-state index is 0.351. The highest BCUT2D eigenvalue weighted by atomic mass is 15.3. The monoisotopic (exact) mass is 237 g/mol. The van der Waals surface area contributed by atoms with Gasteiger partial charge < -0.3 is 0 Å². The molecule has 1 aliphatic heterocycles. The molecule has 0 aromatic carbocycles. The van der Waals surface area contributed by atoms with Crippen LogP contribution in [-0.4, -0.2) is 23.0 Å². The minimum Gasteiger partial charge on any atom is -0.295 e. The Morgan fingerprint density at radius 3 is 2.24 bits per heavy atom. The molecule has 2 rings (SSSR count). The van der Waals surface area contributed by atoms with E-state index in [0.29, 0.717) is 5.54 Å². The van der Waals surface area contributed by atoms with Crippen molar-refractivity contribution in [2.24, 2.45) is 23.7 Å². The van der Waals surface area contributed by atoms with Gasteiger partial charge in [-0.05, 0) is 57.3 Å². The van der Waals surface area contributed by atoms with Gasteiger partial charge in [0.15, 0.2) is 0 Å². The van der Waals surface area contributed by atoms with Gasteiger partial charge in [0.1, 0.15) is 0 Å². The zero-order valence-electron chi connectivity index (χ0n) is 12.7. The Balaban J connectivity index is 2.16. The van der Waals surface area contributed by atoms with Crippen molar-refractivity contribution < 1.29 is 0 Å². The van der Waals surface area contributed by atoms with E-state index in [4.69, 9.17) is 0 Å². The molecule has 2 fully saturated rings. The molecule has 0 radical (unpaired) electrons. The Kier molecular flexibility index (Phi) is 3.60. The van der Waals surface area contributed by atoms with Crippen molar-refractivity contribution in [2.75, 3.05) is 6.54 Å². The van der Waals surface area contributed by atoms with Gasteiger partial charge in [-0.3, -0.25) is 4.90 Å². The molecule has 0 spiro atoms. The van der Waals surface area contributed by atoms with Crippen LogP contribution in [-0.2, 0) is 0 Å². The normalized spacial score (nSPS) is 37.4. The minimum absolute atomic E-state index is 0.351. The van der Waals surface area contributed by atoms with Gasteiger partial charge in [0.25, 0.3) is 0 Å².